The van der Waals surface area contributed by atoms with Crippen molar-refractivity contribution in [2.75, 3.05) is 18.6 Å². The number of fused-ring (bicyclic) bond motifs is 3. The normalized spacial score (nSPS) is 13.1. The maximum Gasteiger partial charge on any atom is 0.152 e. The third-order valence-electron chi connectivity index (χ3n) is 5.47. The molecule has 0 aliphatic carbocycles. The zero-order valence-electron chi connectivity index (χ0n) is 19.8. The van der Waals surface area contributed by atoms with Crippen LogP contribution in [-0.2, 0) is 35.5 Å². The van der Waals surface area contributed by atoms with Gasteiger partial charge < -0.3 is 20.1 Å². The van der Waals surface area contributed by atoms with Gasteiger partial charge in [-0.2, -0.15) is 0 Å². The van der Waals surface area contributed by atoms with Gasteiger partial charge in [-0.15, -0.1) is 0 Å². The average Bonchev–Trinajstić information content (AvgIpc) is 3.14. The Balaban J connectivity index is 1.91. The molecule has 3 aromatic heterocycles. The van der Waals surface area contributed by atoms with Gasteiger partial charge in [-0.3, -0.25) is 4.98 Å². The molecule has 0 spiro atoms. The third-order valence-corrected chi connectivity index (χ3v) is 6.31. The number of nitrogen functional groups attached to an aromatic ring is 1. The van der Waals surface area contributed by atoms with Gasteiger partial charge in [-0.25, -0.2) is 18.9 Å². The first-order valence-corrected chi connectivity index (χ1v) is 12.6. The summed E-state index contributed by atoms with van der Waals surface area (Å²) in [6.07, 6.45) is 3.40. The summed E-state index contributed by atoms with van der Waals surface area (Å²) >= 11 is 0. The van der Waals surface area contributed by atoms with E-state index in [9.17, 15) is 9.32 Å². The molecule has 0 saturated carbocycles. The number of nitrogens with one attached hydrogen (secondary N) is 1. The second-order valence-corrected chi connectivity index (χ2v) is 9.95. The second-order valence-electron chi connectivity index (χ2n) is 8.84. The molecule has 10 heteroatoms. The zero-order chi connectivity index (χ0) is 24.5. The monoisotopic (exact) mass is 482 g/mol. The Morgan fingerprint density at radius 1 is 1.21 bits per heavy atom. The highest BCUT2D eigenvalue weighted by molar-refractivity contribution is 7.82. The minimum Gasteiger partial charge on any atom is -0.392 e. The van der Waals surface area contributed by atoms with E-state index in [1.54, 1.807) is 12.5 Å². The average molecular weight is 483 g/mol. The van der Waals surface area contributed by atoms with E-state index in [0.717, 1.165) is 22.2 Å². The smallest absolute Gasteiger partial charge is 0.152 e. The first kappa shape index (κ1) is 24.2. The maximum atomic E-state index is 11.9. The molecule has 0 aliphatic heterocycles. The fourth-order valence-electron chi connectivity index (χ4n) is 4.12. The van der Waals surface area contributed by atoms with Gasteiger partial charge in [0.15, 0.2) is 5.82 Å². The highest BCUT2D eigenvalue weighted by Crippen LogP contribution is 2.31. The number of aliphatic hydroxyl groups excluding tert-OH is 1. The number of benzene rings is 1. The van der Waals surface area contributed by atoms with Gasteiger partial charge in [-0.05, 0) is 44.0 Å². The molecule has 4 aromatic rings. The quantitative estimate of drug-likeness (QED) is 0.335. The van der Waals surface area contributed by atoms with Crippen molar-refractivity contribution < 1.29 is 14.1 Å². The molecular formula is C24H30N6O3S. The van der Waals surface area contributed by atoms with Crippen LogP contribution in [0.3, 0.4) is 0 Å². The first-order chi connectivity index (χ1) is 16.2. The van der Waals surface area contributed by atoms with Gasteiger partial charge in [0, 0.05) is 36.7 Å². The zero-order valence-corrected chi connectivity index (χ0v) is 20.6. The predicted molar refractivity (Wildman–Crippen MR) is 135 cm³/mol. The van der Waals surface area contributed by atoms with Crippen molar-refractivity contribution in [3.63, 3.8) is 0 Å². The molecule has 180 valence electrons. The lowest BCUT2D eigenvalue weighted by Gasteiger charge is -2.26. The molecule has 0 fully saturated rings. The van der Waals surface area contributed by atoms with Gasteiger partial charge in [0.05, 0.1) is 23.1 Å². The van der Waals surface area contributed by atoms with Crippen LogP contribution in [0.25, 0.3) is 33.2 Å². The number of aromatic nitrogens is 4. The Hall–Kier alpha value is -2.92. The van der Waals surface area contributed by atoms with Crippen LogP contribution in [0.4, 0.5) is 5.82 Å². The molecule has 3 heterocycles. The lowest BCUT2D eigenvalue weighted by atomic mass is 10.0. The van der Waals surface area contributed by atoms with E-state index in [1.165, 1.54) is 0 Å². The Morgan fingerprint density at radius 3 is 2.71 bits per heavy atom. The summed E-state index contributed by atoms with van der Waals surface area (Å²) in [5.74, 6) is 1.02. The van der Waals surface area contributed by atoms with Crippen molar-refractivity contribution in [1.82, 2.24) is 24.2 Å². The van der Waals surface area contributed by atoms with E-state index in [4.69, 9.17) is 20.4 Å². The molecule has 4 rings (SSSR count). The number of rotatable bonds is 9. The number of imidazole rings is 1. The summed E-state index contributed by atoms with van der Waals surface area (Å²) in [5, 5.41) is 9.49. The van der Waals surface area contributed by atoms with Crippen LogP contribution in [-0.4, -0.2) is 47.2 Å². The van der Waals surface area contributed by atoms with Crippen molar-refractivity contribution in [2.24, 2.45) is 0 Å². The topological polar surface area (TPSA) is 128 Å². The summed E-state index contributed by atoms with van der Waals surface area (Å²) in [5.41, 5.74) is 11.1. The second kappa shape index (κ2) is 9.75. The number of nitrogens with two attached hydrogens (primary N) is 1. The molecule has 1 atom stereocenters. The van der Waals surface area contributed by atoms with Crippen LogP contribution in [0.2, 0.25) is 0 Å². The lowest BCUT2D eigenvalue weighted by Crippen LogP contribution is -2.44. The van der Waals surface area contributed by atoms with E-state index in [1.807, 2.05) is 55.7 Å². The lowest BCUT2D eigenvalue weighted by molar-refractivity contribution is 0.125. The molecule has 0 bridgehead atoms. The summed E-state index contributed by atoms with van der Waals surface area (Å²) < 4.78 is 22.7. The molecule has 1 aromatic carbocycles. The standard InChI is InChI=1S/C24H30N6O3S/c1-5-33-13-19-28-21-22(30(19)14-24(2,3)29-34(4)32)20-18(27-23(21)25)10-17(11-26-20)16-8-6-7-15(9-16)12-31/h6-11,29,31H,5,12-14H2,1-4H3,(H2,25,27). The Bertz CT molecular complexity index is 1370. The Labute approximate surface area is 201 Å². The minimum atomic E-state index is -1.19. The van der Waals surface area contributed by atoms with Gasteiger partial charge in [0.2, 0.25) is 0 Å². The molecule has 9 nitrogen and oxygen atoms in total. The van der Waals surface area contributed by atoms with Crippen molar-refractivity contribution in [3.05, 3.63) is 47.9 Å². The number of ether oxygens (including phenoxy) is 1. The van der Waals surface area contributed by atoms with Crippen LogP contribution < -0.4 is 10.5 Å². The molecule has 34 heavy (non-hydrogen) atoms. The Morgan fingerprint density at radius 2 is 2.00 bits per heavy atom. The van der Waals surface area contributed by atoms with Crippen LogP contribution in [0.1, 0.15) is 32.2 Å². The largest absolute Gasteiger partial charge is 0.392 e. The molecule has 0 aliphatic rings. The number of aliphatic hydroxyl groups is 1. The van der Waals surface area contributed by atoms with Crippen LogP contribution in [0.15, 0.2) is 36.5 Å². The fraction of sp³-hybridized carbons (Fsp3) is 0.375. The number of hydrogen-bond donors (Lipinski definition) is 3. The van der Waals surface area contributed by atoms with Crippen LogP contribution in [0, 0.1) is 0 Å². The van der Waals surface area contributed by atoms with E-state index >= 15 is 0 Å². The number of anilines is 1. The van der Waals surface area contributed by atoms with Gasteiger partial charge in [0.1, 0.15) is 29.0 Å². The fourth-order valence-corrected chi connectivity index (χ4v) is 4.96. The number of nitrogens with zero attached hydrogens (tertiary/aromatic N) is 4. The summed E-state index contributed by atoms with van der Waals surface area (Å²) in [7, 11) is -1.19. The molecule has 0 amide bonds. The summed E-state index contributed by atoms with van der Waals surface area (Å²) in [6.45, 7) is 7.20. The third kappa shape index (κ3) is 4.95. The molecular weight excluding hydrogens is 452 g/mol. The van der Waals surface area contributed by atoms with E-state index in [-0.39, 0.29) is 6.61 Å². The predicted octanol–water partition coefficient (Wildman–Crippen LogP) is 2.92. The summed E-state index contributed by atoms with van der Waals surface area (Å²) in [6, 6.07) is 9.60. The van der Waals surface area contributed by atoms with E-state index in [2.05, 4.69) is 9.71 Å². The Kier molecular flexibility index (Phi) is 6.94. The van der Waals surface area contributed by atoms with Crippen molar-refractivity contribution in [3.8, 4) is 11.1 Å². The van der Waals surface area contributed by atoms with Crippen molar-refractivity contribution in [2.45, 2.75) is 46.1 Å². The van der Waals surface area contributed by atoms with E-state index in [0.29, 0.717) is 48.0 Å². The summed E-state index contributed by atoms with van der Waals surface area (Å²) in [4.78, 5) is 14.1. The maximum absolute atomic E-state index is 11.9. The van der Waals surface area contributed by atoms with Crippen LogP contribution >= 0.6 is 0 Å². The minimum absolute atomic E-state index is 0.0329. The first-order valence-electron chi connectivity index (χ1n) is 11.1. The van der Waals surface area contributed by atoms with Crippen molar-refractivity contribution in [1.29, 1.82) is 0 Å². The van der Waals surface area contributed by atoms with E-state index < -0.39 is 16.5 Å². The highest BCUT2D eigenvalue weighted by Gasteiger charge is 2.25. The molecule has 0 saturated heterocycles. The van der Waals surface area contributed by atoms with Gasteiger partial charge in [-0.1, -0.05) is 18.2 Å². The van der Waals surface area contributed by atoms with Gasteiger partial charge in [0.25, 0.3) is 0 Å². The molecule has 1 unspecified atom stereocenters. The molecule has 4 N–H and O–H groups in total. The number of pyridine rings is 2. The SMILES string of the molecule is CCOCc1nc2c(N)nc3cc(-c4cccc(CO)c4)cnc3c2n1CC(C)(C)NS(C)=O. The van der Waals surface area contributed by atoms with Gasteiger partial charge >= 0.3 is 0 Å². The highest BCUT2D eigenvalue weighted by atomic mass is 32.2. The molecule has 0 radical (unpaired) electrons. The van der Waals surface area contributed by atoms with Crippen LogP contribution in [0.5, 0.6) is 0 Å². The number of hydrogen-bond acceptors (Lipinski definition) is 7. The van der Waals surface area contributed by atoms with Crippen molar-refractivity contribution >= 4 is 38.9 Å².